The Morgan fingerprint density at radius 1 is 1.11 bits per heavy atom. The summed E-state index contributed by atoms with van der Waals surface area (Å²) in [6.45, 7) is -0.603. The second kappa shape index (κ2) is 6.06. The van der Waals surface area contributed by atoms with Gasteiger partial charge >= 0.3 is 0 Å². The van der Waals surface area contributed by atoms with Gasteiger partial charge in [0.15, 0.2) is 0 Å². The lowest BCUT2D eigenvalue weighted by atomic mass is 10.2. The van der Waals surface area contributed by atoms with Gasteiger partial charge in [-0.15, -0.1) is 0 Å². The quantitative estimate of drug-likeness (QED) is 0.939. The van der Waals surface area contributed by atoms with Crippen molar-refractivity contribution in [2.45, 2.75) is 0 Å². The second-order valence-corrected chi connectivity index (χ2v) is 4.66. The highest BCUT2D eigenvalue weighted by molar-refractivity contribution is 6.37. The number of aliphatic hydroxyl groups is 1. The lowest BCUT2D eigenvalue weighted by Crippen LogP contribution is -2.28. The van der Waals surface area contributed by atoms with Crippen LogP contribution in [0.25, 0.3) is 0 Å². The molecule has 2 rings (SSSR count). The van der Waals surface area contributed by atoms with Crippen molar-refractivity contribution >= 4 is 40.5 Å². The van der Waals surface area contributed by atoms with E-state index >= 15 is 0 Å². The Hall–Kier alpha value is -1.55. The average molecular weight is 296 g/mol. The van der Waals surface area contributed by atoms with Crippen molar-refractivity contribution in [2.75, 3.05) is 11.5 Å². The summed E-state index contributed by atoms with van der Waals surface area (Å²) in [5, 5.41) is 9.94. The van der Waals surface area contributed by atoms with Crippen LogP contribution in [0.1, 0.15) is 0 Å². The van der Waals surface area contributed by atoms with E-state index in [0.717, 1.165) is 0 Å². The van der Waals surface area contributed by atoms with E-state index in [2.05, 4.69) is 0 Å². The van der Waals surface area contributed by atoms with Gasteiger partial charge in [0.2, 0.25) is 0 Å². The molecule has 0 unspecified atom stereocenters. The fourth-order valence-electron chi connectivity index (χ4n) is 1.73. The molecule has 0 aromatic heterocycles. The molecule has 0 bridgehead atoms. The first-order valence-corrected chi connectivity index (χ1v) is 6.33. The summed E-state index contributed by atoms with van der Waals surface area (Å²) < 4.78 is 0. The van der Waals surface area contributed by atoms with Crippen LogP contribution >= 0.6 is 23.2 Å². The van der Waals surface area contributed by atoms with E-state index in [-0.39, 0.29) is 0 Å². The Labute approximate surface area is 121 Å². The molecule has 0 atom stereocenters. The number of carbonyl (C=O) groups is 1. The van der Waals surface area contributed by atoms with Crippen molar-refractivity contribution in [3.63, 3.8) is 0 Å². The molecule has 0 spiro atoms. The largest absolute Gasteiger partial charge is 0.387 e. The molecule has 2 aromatic carbocycles. The van der Waals surface area contributed by atoms with Crippen LogP contribution in [-0.2, 0) is 4.79 Å². The maximum Gasteiger partial charge on any atom is 0.257 e. The highest BCUT2D eigenvalue weighted by Gasteiger charge is 2.19. The van der Waals surface area contributed by atoms with Gasteiger partial charge in [-0.05, 0) is 30.3 Å². The van der Waals surface area contributed by atoms with Gasteiger partial charge in [-0.1, -0.05) is 41.4 Å². The van der Waals surface area contributed by atoms with Crippen LogP contribution in [0, 0.1) is 0 Å². The highest BCUT2D eigenvalue weighted by atomic mass is 35.5. The first-order chi connectivity index (χ1) is 9.13. The Morgan fingerprint density at radius 3 is 2.37 bits per heavy atom. The zero-order chi connectivity index (χ0) is 13.8. The molecule has 19 heavy (non-hydrogen) atoms. The molecule has 0 aliphatic carbocycles. The van der Waals surface area contributed by atoms with Crippen molar-refractivity contribution in [2.24, 2.45) is 0 Å². The lowest BCUT2D eigenvalue weighted by Gasteiger charge is -2.23. The van der Waals surface area contributed by atoms with E-state index in [0.29, 0.717) is 21.4 Å². The number of benzene rings is 2. The molecule has 98 valence electrons. The van der Waals surface area contributed by atoms with Gasteiger partial charge in [0.05, 0.1) is 10.7 Å². The van der Waals surface area contributed by atoms with Crippen molar-refractivity contribution in [3.05, 3.63) is 58.6 Å². The molecule has 0 aliphatic heterocycles. The number of hydrogen-bond acceptors (Lipinski definition) is 2. The number of amides is 1. The topological polar surface area (TPSA) is 40.5 Å². The Morgan fingerprint density at radius 2 is 1.79 bits per heavy atom. The monoisotopic (exact) mass is 295 g/mol. The summed E-state index contributed by atoms with van der Waals surface area (Å²) in [4.78, 5) is 13.3. The molecule has 0 radical (unpaired) electrons. The molecule has 0 fully saturated rings. The molecule has 5 heteroatoms. The molecule has 0 saturated carbocycles. The molecular weight excluding hydrogens is 285 g/mol. The van der Waals surface area contributed by atoms with Crippen molar-refractivity contribution in [1.82, 2.24) is 0 Å². The van der Waals surface area contributed by atoms with Gasteiger partial charge in [0.25, 0.3) is 5.91 Å². The molecule has 0 aliphatic rings. The van der Waals surface area contributed by atoms with Crippen LogP contribution in [0.2, 0.25) is 10.0 Å². The minimum atomic E-state index is -0.603. The summed E-state index contributed by atoms with van der Waals surface area (Å²) in [5.74, 6) is -0.463. The van der Waals surface area contributed by atoms with E-state index < -0.39 is 12.5 Å². The van der Waals surface area contributed by atoms with Gasteiger partial charge in [-0.25, -0.2) is 0 Å². The number of carbonyl (C=O) groups excluding carboxylic acids is 1. The minimum Gasteiger partial charge on any atom is -0.387 e. The lowest BCUT2D eigenvalue weighted by molar-refractivity contribution is -0.120. The predicted octanol–water partition coefficient (Wildman–Crippen LogP) is 3.65. The molecule has 0 saturated heterocycles. The van der Waals surface area contributed by atoms with E-state index in [4.69, 9.17) is 28.3 Å². The number of hydrogen-bond donors (Lipinski definition) is 1. The summed E-state index contributed by atoms with van der Waals surface area (Å²) >= 11 is 12.0. The normalized spacial score (nSPS) is 10.3. The van der Waals surface area contributed by atoms with E-state index in [1.165, 1.54) is 4.90 Å². The fraction of sp³-hybridized carbons (Fsp3) is 0.0714. The van der Waals surface area contributed by atoms with Crippen molar-refractivity contribution in [1.29, 1.82) is 0 Å². The number of para-hydroxylation sites is 1. The fourth-order valence-corrected chi connectivity index (χ4v) is 2.22. The molecule has 2 aromatic rings. The van der Waals surface area contributed by atoms with Gasteiger partial charge < -0.3 is 5.11 Å². The van der Waals surface area contributed by atoms with E-state index in [1.807, 2.05) is 6.07 Å². The van der Waals surface area contributed by atoms with Gasteiger partial charge in [0.1, 0.15) is 6.61 Å². The maximum absolute atomic E-state index is 11.9. The summed E-state index contributed by atoms with van der Waals surface area (Å²) in [6, 6.07) is 13.8. The number of aliphatic hydroxyl groups excluding tert-OH is 1. The molecular formula is C14H11Cl2NO2. The Bertz CT molecular complexity index is 587. The summed E-state index contributed by atoms with van der Waals surface area (Å²) in [7, 11) is 0. The van der Waals surface area contributed by atoms with Gasteiger partial charge in [0, 0.05) is 10.7 Å². The van der Waals surface area contributed by atoms with Crippen LogP contribution in [0.5, 0.6) is 0 Å². The molecule has 1 amide bonds. The Kier molecular flexibility index (Phi) is 4.43. The molecule has 1 N–H and O–H groups in total. The van der Waals surface area contributed by atoms with Crippen LogP contribution in [-0.4, -0.2) is 17.6 Å². The van der Waals surface area contributed by atoms with E-state index in [9.17, 15) is 4.79 Å². The maximum atomic E-state index is 11.9. The first kappa shape index (κ1) is 13.9. The Balaban J connectivity index is 2.52. The average Bonchev–Trinajstić information content (AvgIpc) is 2.42. The van der Waals surface area contributed by atoms with Gasteiger partial charge in [-0.3, -0.25) is 9.69 Å². The zero-order valence-electron chi connectivity index (χ0n) is 9.88. The SMILES string of the molecule is O=C(CO)N(c1ccccc1)c1ccc(Cl)cc1Cl. The predicted molar refractivity (Wildman–Crippen MR) is 77.1 cm³/mol. The summed E-state index contributed by atoms with van der Waals surface area (Å²) in [5.41, 5.74) is 1.11. The minimum absolute atomic E-state index is 0.346. The van der Waals surface area contributed by atoms with Gasteiger partial charge in [-0.2, -0.15) is 0 Å². The second-order valence-electron chi connectivity index (χ2n) is 3.82. The van der Waals surface area contributed by atoms with Crippen LogP contribution < -0.4 is 4.90 Å². The molecule has 0 heterocycles. The smallest absolute Gasteiger partial charge is 0.257 e. The van der Waals surface area contributed by atoms with Crippen molar-refractivity contribution < 1.29 is 9.90 Å². The van der Waals surface area contributed by atoms with E-state index in [1.54, 1.807) is 42.5 Å². The number of anilines is 2. The van der Waals surface area contributed by atoms with Crippen molar-refractivity contribution in [3.8, 4) is 0 Å². The third-order valence-corrected chi connectivity index (χ3v) is 3.09. The first-order valence-electron chi connectivity index (χ1n) is 5.57. The molecule has 3 nitrogen and oxygen atoms in total. The number of halogens is 2. The summed E-state index contributed by atoms with van der Waals surface area (Å²) in [6.07, 6.45) is 0. The van der Waals surface area contributed by atoms with Crippen LogP contribution in [0.15, 0.2) is 48.5 Å². The zero-order valence-corrected chi connectivity index (χ0v) is 11.4. The number of rotatable bonds is 3. The third-order valence-electron chi connectivity index (χ3n) is 2.55. The number of nitrogens with zero attached hydrogens (tertiary/aromatic N) is 1. The van der Waals surface area contributed by atoms with Crippen LogP contribution in [0.3, 0.4) is 0 Å². The van der Waals surface area contributed by atoms with Crippen LogP contribution in [0.4, 0.5) is 11.4 Å². The third kappa shape index (κ3) is 3.07. The highest BCUT2D eigenvalue weighted by Crippen LogP contribution is 2.33. The standard InChI is InChI=1S/C14H11Cl2NO2/c15-10-6-7-13(12(16)8-10)17(14(19)9-18)11-4-2-1-3-5-11/h1-8,18H,9H2.